The van der Waals surface area contributed by atoms with E-state index in [2.05, 4.69) is 0 Å². The number of ketones is 2. The molecule has 0 atom stereocenters. The van der Waals surface area contributed by atoms with Gasteiger partial charge in [0.1, 0.15) is 11.6 Å². The van der Waals surface area contributed by atoms with Crippen molar-refractivity contribution in [2.24, 2.45) is 0 Å². The van der Waals surface area contributed by atoms with E-state index in [0.29, 0.717) is 0 Å². The Morgan fingerprint density at radius 3 is 1.09 bits per heavy atom. The predicted octanol–water partition coefficient (Wildman–Crippen LogP) is 0.196. The molecule has 0 aliphatic heterocycles. The first-order valence-corrected chi connectivity index (χ1v) is 2.12. The van der Waals surface area contributed by atoms with Crippen molar-refractivity contribution in [3.05, 3.63) is 0 Å². The van der Waals surface area contributed by atoms with E-state index in [9.17, 15) is 9.59 Å². The molecular formula is C5H8O5Ti-6. The van der Waals surface area contributed by atoms with Gasteiger partial charge < -0.3 is 16.4 Å². The SMILES string of the molecule is CC(=O)CC(C)=O.[O-2].[O-2].[O-2].[Ti]. The molecule has 0 spiro atoms. The van der Waals surface area contributed by atoms with Crippen molar-refractivity contribution in [2.75, 3.05) is 0 Å². The average molecular weight is 196 g/mol. The quantitative estimate of drug-likeness (QED) is 0.462. The Bertz CT molecular complexity index is 91.0. The second kappa shape index (κ2) is 16.5. The van der Waals surface area contributed by atoms with Crippen LogP contribution in [0.5, 0.6) is 0 Å². The Kier molecular flexibility index (Phi) is 45.9. The minimum atomic E-state index is -0.0625. The minimum Gasteiger partial charge on any atom is -2.00 e. The molecule has 68 valence electrons. The molecule has 0 bridgehead atoms. The van der Waals surface area contributed by atoms with Gasteiger partial charge in [-0.2, -0.15) is 0 Å². The molecule has 6 heteroatoms. The Labute approximate surface area is 80.0 Å². The van der Waals surface area contributed by atoms with Crippen LogP contribution < -0.4 is 0 Å². The van der Waals surface area contributed by atoms with Crippen LogP contribution in [0.15, 0.2) is 0 Å². The summed E-state index contributed by atoms with van der Waals surface area (Å²) in [7, 11) is 0. The molecule has 0 fully saturated rings. The molecule has 0 N–H and O–H groups in total. The van der Waals surface area contributed by atoms with Crippen LogP contribution in [0.3, 0.4) is 0 Å². The molecule has 11 heavy (non-hydrogen) atoms. The number of carbonyl (C=O) groups is 2. The molecule has 0 saturated heterocycles. The van der Waals surface area contributed by atoms with Crippen molar-refractivity contribution in [1.29, 1.82) is 0 Å². The molecule has 0 radical (unpaired) electrons. The zero-order valence-electron chi connectivity index (χ0n) is 6.25. The standard InChI is InChI=1S/C5H8O2.3O.Ti/c1-4(6)3-5(2)7;;;;/h3H2,1-2H3;;;;/q;3*-2;. The Morgan fingerprint density at radius 1 is 0.909 bits per heavy atom. The van der Waals surface area contributed by atoms with Gasteiger partial charge in [0.25, 0.3) is 0 Å². The van der Waals surface area contributed by atoms with E-state index in [1.807, 2.05) is 0 Å². The summed E-state index contributed by atoms with van der Waals surface area (Å²) in [5, 5.41) is 0. The summed E-state index contributed by atoms with van der Waals surface area (Å²) >= 11 is 0. The van der Waals surface area contributed by atoms with Crippen LogP contribution in [-0.2, 0) is 47.7 Å². The van der Waals surface area contributed by atoms with Crippen molar-refractivity contribution in [3.63, 3.8) is 0 Å². The van der Waals surface area contributed by atoms with E-state index in [1.165, 1.54) is 13.8 Å². The van der Waals surface area contributed by atoms with Gasteiger partial charge in [0.2, 0.25) is 0 Å². The third-order valence-electron chi connectivity index (χ3n) is 0.498. The Balaban J connectivity index is -0.0000000300. The molecular weight excluding hydrogens is 188 g/mol. The smallest absolute Gasteiger partial charge is 0.137 e. The van der Waals surface area contributed by atoms with Gasteiger partial charge in [-0.3, -0.25) is 9.59 Å². The maximum absolute atomic E-state index is 10.0. The molecule has 0 saturated carbocycles. The minimum absolute atomic E-state index is 0. The van der Waals surface area contributed by atoms with Gasteiger partial charge in [0, 0.05) is 21.7 Å². The van der Waals surface area contributed by atoms with E-state index in [0.717, 1.165) is 0 Å². The topological polar surface area (TPSA) is 120 Å². The fraction of sp³-hybridized carbons (Fsp3) is 0.600. The summed E-state index contributed by atoms with van der Waals surface area (Å²) in [6, 6.07) is 0. The fourth-order valence-electron chi connectivity index (χ4n) is 0.351. The third-order valence-corrected chi connectivity index (χ3v) is 0.498. The van der Waals surface area contributed by atoms with Gasteiger partial charge in [-0.1, -0.05) is 0 Å². The van der Waals surface area contributed by atoms with Crippen molar-refractivity contribution in [1.82, 2.24) is 0 Å². The van der Waals surface area contributed by atoms with Crippen LogP contribution in [0.1, 0.15) is 20.3 Å². The number of rotatable bonds is 2. The zero-order chi connectivity index (χ0) is 5.86. The Morgan fingerprint density at radius 2 is 1.09 bits per heavy atom. The second-order valence-corrected chi connectivity index (χ2v) is 1.58. The van der Waals surface area contributed by atoms with E-state index in [4.69, 9.17) is 0 Å². The number of carbonyl (C=O) groups excluding carboxylic acids is 2. The first-order valence-electron chi connectivity index (χ1n) is 2.12. The molecule has 0 aliphatic carbocycles. The molecule has 0 rings (SSSR count). The zero-order valence-corrected chi connectivity index (χ0v) is 7.81. The van der Waals surface area contributed by atoms with Gasteiger partial charge >= 0.3 is 0 Å². The van der Waals surface area contributed by atoms with E-state index >= 15 is 0 Å². The average Bonchev–Trinajstić information content (AvgIpc) is 1.27. The maximum Gasteiger partial charge on any atom is 0.137 e. The Hall–Kier alpha value is -0.0657. The van der Waals surface area contributed by atoms with Crippen LogP contribution in [-0.4, -0.2) is 11.6 Å². The first kappa shape index (κ1) is 30.6. The van der Waals surface area contributed by atoms with Crippen LogP contribution in [0.2, 0.25) is 0 Å². The van der Waals surface area contributed by atoms with Crippen LogP contribution in [0, 0.1) is 0 Å². The first-order chi connectivity index (χ1) is 3.13. The van der Waals surface area contributed by atoms with Crippen molar-refractivity contribution in [3.8, 4) is 0 Å². The number of hydrogen-bond donors (Lipinski definition) is 0. The summed E-state index contributed by atoms with van der Waals surface area (Å²) in [6.45, 7) is 2.81. The molecule has 0 aromatic heterocycles. The second-order valence-electron chi connectivity index (χ2n) is 1.58. The van der Waals surface area contributed by atoms with Crippen molar-refractivity contribution < 1.29 is 47.7 Å². The largest absolute Gasteiger partial charge is 2.00 e. The van der Waals surface area contributed by atoms with Crippen molar-refractivity contribution >= 4 is 11.6 Å². The van der Waals surface area contributed by atoms with E-state index < -0.39 is 0 Å². The normalized spacial score (nSPS) is 5.27. The molecule has 0 amide bonds. The fourth-order valence-corrected chi connectivity index (χ4v) is 0.351. The van der Waals surface area contributed by atoms with Gasteiger partial charge in [0.15, 0.2) is 0 Å². The summed E-state index contributed by atoms with van der Waals surface area (Å²) < 4.78 is 0. The molecule has 0 aliphatic rings. The molecule has 5 nitrogen and oxygen atoms in total. The van der Waals surface area contributed by atoms with Gasteiger partial charge in [-0.05, 0) is 13.8 Å². The van der Waals surface area contributed by atoms with Crippen molar-refractivity contribution in [2.45, 2.75) is 20.3 Å². The third kappa shape index (κ3) is 40.4. The molecule has 0 heterocycles. The monoisotopic (exact) mass is 196 g/mol. The van der Waals surface area contributed by atoms with Gasteiger partial charge in [-0.25, -0.2) is 0 Å². The summed E-state index contributed by atoms with van der Waals surface area (Å²) in [4.78, 5) is 20.1. The number of Topliss-reactive ketones (excluding diaryl/α,β-unsaturated/α-hetero) is 2. The predicted molar refractivity (Wildman–Crippen MR) is 28.0 cm³/mol. The van der Waals surface area contributed by atoms with E-state index in [-0.39, 0.29) is 56.1 Å². The van der Waals surface area contributed by atoms with E-state index in [1.54, 1.807) is 0 Å². The molecule has 0 aromatic carbocycles. The molecule has 0 aromatic rings. The maximum atomic E-state index is 10.0. The number of hydrogen-bond acceptors (Lipinski definition) is 2. The van der Waals surface area contributed by atoms with Crippen LogP contribution >= 0.6 is 0 Å². The summed E-state index contributed by atoms with van der Waals surface area (Å²) in [6.07, 6.45) is 0.0833. The summed E-state index contributed by atoms with van der Waals surface area (Å²) in [5.41, 5.74) is 0. The summed E-state index contributed by atoms with van der Waals surface area (Å²) in [5.74, 6) is -0.125. The van der Waals surface area contributed by atoms with Crippen LogP contribution in [0.25, 0.3) is 0 Å². The molecule has 0 unspecified atom stereocenters. The van der Waals surface area contributed by atoms with Gasteiger partial charge in [0.05, 0.1) is 6.42 Å². The van der Waals surface area contributed by atoms with Gasteiger partial charge in [-0.15, -0.1) is 0 Å². The van der Waals surface area contributed by atoms with Crippen LogP contribution in [0.4, 0.5) is 0 Å².